The minimum atomic E-state index is -0.833. The molecule has 1 aromatic rings. The molecule has 0 bridgehead atoms. The van der Waals surface area contributed by atoms with Crippen molar-refractivity contribution in [2.75, 3.05) is 6.54 Å². The molecule has 1 aromatic heterocycles. The Morgan fingerprint density at radius 2 is 2.35 bits per heavy atom. The van der Waals surface area contributed by atoms with Gasteiger partial charge in [0.25, 0.3) is 0 Å². The molecular formula is C14H20N2O3S. The third-order valence-corrected chi connectivity index (χ3v) is 4.70. The molecule has 1 aliphatic heterocycles. The molecule has 2 unspecified atom stereocenters. The van der Waals surface area contributed by atoms with Crippen LogP contribution in [-0.2, 0) is 11.2 Å². The lowest BCUT2D eigenvalue weighted by atomic mass is 10.0. The van der Waals surface area contributed by atoms with Gasteiger partial charge in [-0.25, -0.2) is 4.79 Å². The maximum absolute atomic E-state index is 12.3. The monoisotopic (exact) mass is 296 g/mol. The summed E-state index contributed by atoms with van der Waals surface area (Å²) in [5, 5.41) is 13.6. The van der Waals surface area contributed by atoms with E-state index in [0.717, 1.165) is 6.42 Å². The van der Waals surface area contributed by atoms with Crippen molar-refractivity contribution in [3.63, 3.8) is 0 Å². The van der Waals surface area contributed by atoms with E-state index in [-0.39, 0.29) is 24.5 Å². The van der Waals surface area contributed by atoms with Crippen molar-refractivity contribution in [2.45, 2.75) is 45.2 Å². The summed E-state index contributed by atoms with van der Waals surface area (Å²) >= 11 is 1.74. The first-order chi connectivity index (χ1) is 9.49. The second-order valence-corrected chi connectivity index (χ2v) is 6.20. The fourth-order valence-corrected chi connectivity index (χ4v) is 3.46. The molecule has 5 nitrogen and oxygen atoms in total. The Morgan fingerprint density at radius 3 is 3.05 bits per heavy atom. The number of carbonyl (C=O) groups is 2. The van der Waals surface area contributed by atoms with E-state index in [1.807, 2.05) is 18.7 Å². The number of carbonyl (C=O) groups excluding carboxylic acids is 1. The Bertz CT molecular complexity index is 500. The first-order valence-corrected chi connectivity index (χ1v) is 7.72. The van der Waals surface area contributed by atoms with Gasteiger partial charge in [0.15, 0.2) is 0 Å². The molecule has 2 heterocycles. The predicted molar refractivity (Wildman–Crippen MR) is 78.0 cm³/mol. The normalized spacial score (nSPS) is 19.3. The van der Waals surface area contributed by atoms with Gasteiger partial charge in [0, 0.05) is 23.9 Å². The van der Waals surface area contributed by atoms with Gasteiger partial charge >= 0.3 is 12.0 Å². The van der Waals surface area contributed by atoms with E-state index in [9.17, 15) is 9.59 Å². The largest absolute Gasteiger partial charge is 0.481 e. The summed E-state index contributed by atoms with van der Waals surface area (Å²) in [5.41, 5.74) is 1.23. The molecule has 0 radical (unpaired) electrons. The number of nitrogens with zero attached hydrogens (tertiary/aromatic N) is 1. The number of carboxylic acids is 1. The Kier molecular flexibility index (Phi) is 4.65. The Labute approximate surface area is 122 Å². The van der Waals surface area contributed by atoms with Gasteiger partial charge in [0.1, 0.15) is 0 Å². The van der Waals surface area contributed by atoms with Crippen LogP contribution in [0.5, 0.6) is 0 Å². The van der Waals surface area contributed by atoms with Gasteiger partial charge in [-0.3, -0.25) is 4.79 Å². The van der Waals surface area contributed by atoms with Crippen LogP contribution in [0.15, 0.2) is 11.4 Å². The quantitative estimate of drug-likeness (QED) is 0.897. The highest BCUT2D eigenvalue weighted by Gasteiger charge is 2.28. The van der Waals surface area contributed by atoms with Crippen molar-refractivity contribution in [3.05, 3.63) is 21.9 Å². The SMILES string of the molecule is CC(CCC(=O)O)NC(=O)N1CCc2sccc2C1C. The molecule has 0 aromatic carbocycles. The number of carboxylic acid groups (broad SMARTS) is 1. The molecule has 2 N–H and O–H groups in total. The number of rotatable bonds is 4. The van der Waals surface area contributed by atoms with Crippen molar-refractivity contribution in [1.29, 1.82) is 0 Å². The molecule has 2 rings (SSSR count). The number of thiophene rings is 1. The van der Waals surface area contributed by atoms with E-state index in [1.165, 1.54) is 10.4 Å². The van der Waals surface area contributed by atoms with E-state index in [1.54, 1.807) is 11.3 Å². The lowest BCUT2D eigenvalue weighted by molar-refractivity contribution is -0.137. The molecule has 0 spiro atoms. The molecule has 0 aliphatic carbocycles. The highest BCUT2D eigenvalue weighted by molar-refractivity contribution is 7.10. The van der Waals surface area contributed by atoms with Gasteiger partial charge in [0.2, 0.25) is 0 Å². The van der Waals surface area contributed by atoms with Crippen molar-refractivity contribution >= 4 is 23.3 Å². The van der Waals surface area contributed by atoms with Crippen LogP contribution in [0.1, 0.15) is 43.2 Å². The van der Waals surface area contributed by atoms with Crippen molar-refractivity contribution in [2.24, 2.45) is 0 Å². The number of urea groups is 1. The summed E-state index contributed by atoms with van der Waals surface area (Å²) in [4.78, 5) is 26.0. The Balaban J connectivity index is 1.92. The van der Waals surface area contributed by atoms with Crippen LogP contribution in [-0.4, -0.2) is 34.6 Å². The van der Waals surface area contributed by atoms with Crippen molar-refractivity contribution in [1.82, 2.24) is 10.2 Å². The van der Waals surface area contributed by atoms with E-state index >= 15 is 0 Å². The number of hydrogen-bond donors (Lipinski definition) is 2. The summed E-state index contributed by atoms with van der Waals surface area (Å²) in [5.74, 6) is -0.833. The summed E-state index contributed by atoms with van der Waals surface area (Å²) in [6.45, 7) is 4.59. The molecule has 2 atom stereocenters. The molecule has 2 amide bonds. The topological polar surface area (TPSA) is 69.6 Å². The van der Waals surface area contributed by atoms with Crippen LogP contribution in [0.2, 0.25) is 0 Å². The van der Waals surface area contributed by atoms with Crippen molar-refractivity contribution < 1.29 is 14.7 Å². The van der Waals surface area contributed by atoms with Gasteiger partial charge in [0.05, 0.1) is 6.04 Å². The van der Waals surface area contributed by atoms with Crippen LogP contribution < -0.4 is 5.32 Å². The van der Waals surface area contributed by atoms with Gasteiger partial charge in [-0.1, -0.05) is 0 Å². The average Bonchev–Trinajstić information content (AvgIpc) is 2.85. The highest BCUT2D eigenvalue weighted by atomic mass is 32.1. The van der Waals surface area contributed by atoms with E-state index in [4.69, 9.17) is 5.11 Å². The maximum atomic E-state index is 12.3. The molecule has 20 heavy (non-hydrogen) atoms. The summed E-state index contributed by atoms with van der Waals surface area (Å²) in [6.07, 6.45) is 1.42. The van der Waals surface area contributed by atoms with Gasteiger partial charge in [-0.2, -0.15) is 0 Å². The standard InChI is InChI=1S/C14H20N2O3S/c1-9(3-4-13(17)18)15-14(19)16-7-5-12-11(10(16)2)6-8-20-12/h6,8-10H,3-5,7H2,1-2H3,(H,15,19)(H,17,18). The molecule has 110 valence electrons. The van der Waals surface area contributed by atoms with Crippen LogP contribution in [0.25, 0.3) is 0 Å². The third kappa shape index (κ3) is 3.30. The number of fused-ring (bicyclic) bond motifs is 1. The molecule has 0 saturated heterocycles. The van der Waals surface area contributed by atoms with Crippen LogP contribution in [0.3, 0.4) is 0 Å². The van der Waals surface area contributed by atoms with E-state index in [0.29, 0.717) is 13.0 Å². The Hall–Kier alpha value is -1.56. The molecule has 1 aliphatic rings. The smallest absolute Gasteiger partial charge is 0.318 e. The fourth-order valence-electron chi connectivity index (χ4n) is 2.49. The number of nitrogens with one attached hydrogen (secondary N) is 1. The van der Waals surface area contributed by atoms with Gasteiger partial charge in [-0.15, -0.1) is 11.3 Å². The van der Waals surface area contributed by atoms with Crippen LogP contribution in [0.4, 0.5) is 4.79 Å². The minimum absolute atomic E-state index is 0.0751. The zero-order chi connectivity index (χ0) is 14.7. The summed E-state index contributed by atoms with van der Waals surface area (Å²) in [6, 6.07) is 1.93. The zero-order valence-electron chi connectivity index (χ0n) is 11.8. The van der Waals surface area contributed by atoms with Crippen molar-refractivity contribution in [3.8, 4) is 0 Å². The molecule has 0 fully saturated rings. The van der Waals surface area contributed by atoms with Crippen LogP contribution in [0, 0.1) is 0 Å². The lowest BCUT2D eigenvalue weighted by Crippen LogP contribution is -2.47. The number of amides is 2. The molecule has 0 saturated carbocycles. The van der Waals surface area contributed by atoms with Gasteiger partial charge in [-0.05, 0) is 43.7 Å². The van der Waals surface area contributed by atoms with Gasteiger partial charge < -0.3 is 15.3 Å². The zero-order valence-corrected chi connectivity index (χ0v) is 12.6. The third-order valence-electron chi connectivity index (χ3n) is 3.70. The maximum Gasteiger partial charge on any atom is 0.318 e. The first-order valence-electron chi connectivity index (χ1n) is 6.84. The molecule has 6 heteroatoms. The second kappa shape index (κ2) is 6.26. The number of hydrogen-bond acceptors (Lipinski definition) is 3. The molecular weight excluding hydrogens is 276 g/mol. The minimum Gasteiger partial charge on any atom is -0.481 e. The first kappa shape index (κ1) is 14.8. The fraction of sp³-hybridized carbons (Fsp3) is 0.571. The summed E-state index contributed by atoms with van der Waals surface area (Å²) in [7, 11) is 0. The Morgan fingerprint density at radius 1 is 1.60 bits per heavy atom. The lowest BCUT2D eigenvalue weighted by Gasteiger charge is -2.34. The predicted octanol–water partition coefficient (Wildman–Crippen LogP) is 2.63. The second-order valence-electron chi connectivity index (χ2n) is 5.20. The highest BCUT2D eigenvalue weighted by Crippen LogP contribution is 2.32. The van der Waals surface area contributed by atoms with Crippen LogP contribution >= 0.6 is 11.3 Å². The number of aliphatic carboxylic acids is 1. The summed E-state index contributed by atoms with van der Waals surface area (Å²) < 4.78 is 0. The van der Waals surface area contributed by atoms with E-state index in [2.05, 4.69) is 16.8 Å². The average molecular weight is 296 g/mol. The van der Waals surface area contributed by atoms with E-state index < -0.39 is 5.97 Å².